The maximum absolute atomic E-state index is 4.16. The summed E-state index contributed by atoms with van der Waals surface area (Å²) < 4.78 is 0. The Morgan fingerprint density at radius 3 is 1.12 bits per heavy atom. The first kappa shape index (κ1) is 20.1. The first-order valence-electron chi connectivity index (χ1n) is 9.97. The molecule has 0 aliphatic rings. The summed E-state index contributed by atoms with van der Waals surface area (Å²) in [4.78, 5) is 16.6. The molecule has 0 amide bonds. The van der Waals surface area contributed by atoms with Gasteiger partial charge in [0.25, 0.3) is 0 Å². The highest BCUT2D eigenvalue weighted by Crippen LogP contribution is 2.11. The molecule has 26 heavy (non-hydrogen) atoms. The largest absolute Gasteiger partial charge is 0.354 e. The molecule has 2 rings (SSSR count). The molecule has 0 aromatic carbocycles. The summed E-state index contributed by atoms with van der Waals surface area (Å²) in [5.41, 5.74) is 0. The minimum Gasteiger partial charge on any atom is -0.354 e. The van der Waals surface area contributed by atoms with Gasteiger partial charge in [-0.1, -0.05) is 51.4 Å². The van der Waals surface area contributed by atoms with Crippen LogP contribution in [0.3, 0.4) is 0 Å². The van der Waals surface area contributed by atoms with Gasteiger partial charge in [-0.2, -0.15) is 0 Å². The highest BCUT2D eigenvalue weighted by molar-refractivity contribution is 5.22. The second-order valence-corrected chi connectivity index (χ2v) is 6.53. The van der Waals surface area contributed by atoms with E-state index in [1.807, 2.05) is 12.1 Å². The molecule has 2 aromatic rings. The van der Waals surface area contributed by atoms with Crippen molar-refractivity contribution in [3.05, 3.63) is 36.9 Å². The van der Waals surface area contributed by atoms with Gasteiger partial charge in [0, 0.05) is 37.9 Å². The smallest absolute Gasteiger partial charge is 0.222 e. The maximum atomic E-state index is 4.16. The topological polar surface area (TPSA) is 75.6 Å². The summed E-state index contributed by atoms with van der Waals surface area (Å²) in [5, 5.41) is 6.51. The lowest BCUT2D eigenvalue weighted by Crippen LogP contribution is -2.04. The third-order valence-electron chi connectivity index (χ3n) is 4.30. The standard InChI is InChI=1S/C20H32N6/c1(3-5-7-9-13-21-19-23-15-11-16-24-19)2-4-6-8-10-14-22-20-25-17-12-18-26-20/h11-12,15-18H,1-10,13-14H2,(H,21,23,24)(H,22,25,26). The fourth-order valence-electron chi connectivity index (χ4n) is 2.85. The highest BCUT2D eigenvalue weighted by atomic mass is 15.1. The molecule has 0 fully saturated rings. The lowest BCUT2D eigenvalue weighted by atomic mass is 10.1. The predicted molar refractivity (Wildman–Crippen MR) is 107 cm³/mol. The molecule has 0 saturated heterocycles. The second kappa shape index (κ2) is 14.0. The van der Waals surface area contributed by atoms with E-state index in [0.717, 1.165) is 25.0 Å². The van der Waals surface area contributed by atoms with Gasteiger partial charge >= 0.3 is 0 Å². The fraction of sp³-hybridized carbons (Fsp3) is 0.600. The summed E-state index contributed by atoms with van der Waals surface area (Å²) in [6, 6.07) is 3.67. The van der Waals surface area contributed by atoms with E-state index in [-0.39, 0.29) is 0 Å². The SMILES string of the molecule is c1cnc(NCCCCCCCCCCCCNc2ncccn2)nc1. The minimum atomic E-state index is 0.735. The Kier molecular flexibility index (Phi) is 10.8. The van der Waals surface area contributed by atoms with Crippen molar-refractivity contribution in [1.29, 1.82) is 0 Å². The van der Waals surface area contributed by atoms with Crippen molar-refractivity contribution >= 4 is 11.9 Å². The third-order valence-corrected chi connectivity index (χ3v) is 4.30. The lowest BCUT2D eigenvalue weighted by Gasteiger charge is -2.05. The molecule has 0 unspecified atom stereocenters. The molecule has 0 spiro atoms. The van der Waals surface area contributed by atoms with Crippen molar-refractivity contribution in [2.24, 2.45) is 0 Å². The van der Waals surface area contributed by atoms with Gasteiger partial charge < -0.3 is 10.6 Å². The van der Waals surface area contributed by atoms with E-state index in [1.165, 1.54) is 64.2 Å². The molecular weight excluding hydrogens is 324 g/mol. The van der Waals surface area contributed by atoms with Crippen molar-refractivity contribution in [2.45, 2.75) is 64.2 Å². The highest BCUT2D eigenvalue weighted by Gasteiger charge is 1.96. The molecule has 0 atom stereocenters. The molecule has 6 nitrogen and oxygen atoms in total. The van der Waals surface area contributed by atoms with Crippen LogP contribution in [0.25, 0.3) is 0 Å². The van der Waals surface area contributed by atoms with Crippen molar-refractivity contribution in [3.63, 3.8) is 0 Å². The van der Waals surface area contributed by atoms with Gasteiger partial charge in [0.1, 0.15) is 0 Å². The van der Waals surface area contributed by atoms with Gasteiger partial charge in [0.15, 0.2) is 0 Å². The van der Waals surface area contributed by atoms with Crippen LogP contribution >= 0.6 is 0 Å². The summed E-state index contributed by atoms with van der Waals surface area (Å²) >= 11 is 0. The predicted octanol–water partition coefficient (Wildman–Crippen LogP) is 4.69. The Bertz CT molecular complexity index is 497. The monoisotopic (exact) mass is 356 g/mol. The van der Waals surface area contributed by atoms with Crippen molar-refractivity contribution in [2.75, 3.05) is 23.7 Å². The zero-order chi connectivity index (χ0) is 18.1. The quantitative estimate of drug-likeness (QED) is 0.451. The van der Waals surface area contributed by atoms with E-state index in [9.17, 15) is 0 Å². The third kappa shape index (κ3) is 9.91. The van der Waals surface area contributed by atoms with Gasteiger partial charge in [-0.05, 0) is 25.0 Å². The number of hydrogen-bond acceptors (Lipinski definition) is 6. The van der Waals surface area contributed by atoms with Crippen molar-refractivity contribution < 1.29 is 0 Å². The molecular formula is C20H32N6. The van der Waals surface area contributed by atoms with Crippen LogP contribution in [0.2, 0.25) is 0 Å². The number of nitrogens with zero attached hydrogens (tertiary/aromatic N) is 4. The molecule has 2 heterocycles. The van der Waals surface area contributed by atoms with Crippen LogP contribution in [0.4, 0.5) is 11.9 Å². The van der Waals surface area contributed by atoms with Crippen LogP contribution in [0.15, 0.2) is 36.9 Å². The average molecular weight is 357 g/mol. The van der Waals surface area contributed by atoms with Gasteiger partial charge in [-0.25, -0.2) is 19.9 Å². The van der Waals surface area contributed by atoms with Gasteiger partial charge in [0.05, 0.1) is 0 Å². The first-order valence-corrected chi connectivity index (χ1v) is 9.97. The van der Waals surface area contributed by atoms with E-state index in [1.54, 1.807) is 24.8 Å². The average Bonchev–Trinajstić information content (AvgIpc) is 2.70. The minimum absolute atomic E-state index is 0.735. The summed E-state index contributed by atoms with van der Waals surface area (Å²) in [5.74, 6) is 1.47. The van der Waals surface area contributed by atoms with Gasteiger partial charge in [-0.15, -0.1) is 0 Å². The molecule has 142 valence electrons. The Labute approximate surface area is 157 Å². The van der Waals surface area contributed by atoms with Crippen LogP contribution in [0.5, 0.6) is 0 Å². The number of rotatable bonds is 15. The van der Waals surface area contributed by atoms with Gasteiger partial charge in [-0.3, -0.25) is 0 Å². The van der Waals surface area contributed by atoms with Crippen molar-refractivity contribution in [3.8, 4) is 0 Å². The van der Waals surface area contributed by atoms with E-state index >= 15 is 0 Å². The molecule has 6 heteroatoms. The number of unbranched alkanes of at least 4 members (excludes halogenated alkanes) is 9. The summed E-state index contributed by atoms with van der Waals surface area (Å²) in [6.07, 6.45) is 20.1. The van der Waals surface area contributed by atoms with Crippen LogP contribution in [0, 0.1) is 0 Å². The normalized spacial score (nSPS) is 10.6. The number of hydrogen-bond donors (Lipinski definition) is 2. The van der Waals surface area contributed by atoms with Crippen LogP contribution in [-0.2, 0) is 0 Å². The Morgan fingerprint density at radius 2 is 0.769 bits per heavy atom. The molecule has 2 aromatic heterocycles. The molecule has 0 bridgehead atoms. The molecule has 0 saturated carbocycles. The van der Waals surface area contributed by atoms with Crippen LogP contribution in [-0.4, -0.2) is 33.0 Å². The number of aromatic nitrogens is 4. The molecule has 2 N–H and O–H groups in total. The zero-order valence-electron chi connectivity index (χ0n) is 15.7. The van der Waals surface area contributed by atoms with Crippen LogP contribution in [0.1, 0.15) is 64.2 Å². The summed E-state index contributed by atoms with van der Waals surface area (Å²) in [6.45, 7) is 1.93. The fourth-order valence-corrected chi connectivity index (χ4v) is 2.85. The number of anilines is 2. The van der Waals surface area contributed by atoms with Crippen molar-refractivity contribution in [1.82, 2.24) is 19.9 Å². The number of nitrogens with one attached hydrogen (secondary N) is 2. The first-order chi connectivity index (χ1) is 12.9. The summed E-state index contributed by atoms with van der Waals surface area (Å²) in [7, 11) is 0. The Balaban J connectivity index is 1.28. The van der Waals surface area contributed by atoms with Crippen LogP contribution < -0.4 is 10.6 Å². The Morgan fingerprint density at radius 1 is 0.462 bits per heavy atom. The van der Waals surface area contributed by atoms with E-state index in [4.69, 9.17) is 0 Å². The van der Waals surface area contributed by atoms with Gasteiger partial charge in [0.2, 0.25) is 11.9 Å². The molecule has 0 aliphatic heterocycles. The lowest BCUT2D eigenvalue weighted by molar-refractivity contribution is 0.557. The molecule has 0 aliphatic carbocycles. The maximum Gasteiger partial charge on any atom is 0.222 e. The Hall–Kier alpha value is -2.24. The van der Waals surface area contributed by atoms with E-state index in [2.05, 4.69) is 30.6 Å². The van der Waals surface area contributed by atoms with E-state index in [0.29, 0.717) is 0 Å². The van der Waals surface area contributed by atoms with E-state index < -0.39 is 0 Å². The second-order valence-electron chi connectivity index (χ2n) is 6.53. The molecule has 0 radical (unpaired) electrons. The zero-order valence-corrected chi connectivity index (χ0v) is 15.7.